The molecule has 0 radical (unpaired) electrons. The van der Waals surface area contributed by atoms with Crippen molar-refractivity contribution in [3.63, 3.8) is 0 Å². The molecule has 0 amide bonds. The second kappa shape index (κ2) is 9.58. The molecule has 30 heavy (non-hydrogen) atoms. The molecule has 0 bridgehead atoms. The fourth-order valence-corrected chi connectivity index (χ4v) is 4.54. The van der Waals surface area contributed by atoms with E-state index >= 15 is 0 Å². The number of rotatable bonds is 5. The van der Waals surface area contributed by atoms with Crippen molar-refractivity contribution in [3.05, 3.63) is 53.3 Å². The van der Waals surface area contributed by atoms with Crippen LogP contribution in [0.2, 0.25) is 0 Å². The molecule has 1 aromatic heterocycles. The van der Waals surface area contributed by atoms with E-state index in [1.807, 2.05) is 43.6 Å². The number of carbonyl (C=O) groups is 1. The molecule has 1 atom stereocenters. The van der Waals surface area contributed by atoms with Crippen molar-refractivity contribution in [2.45, 2.75) is 24.4 Å². The molecular formula is C18H22F3N3O5S. The molecule has 1 aromatic carbocycles. The molecule has 166 valence electrons. The van der Waals surface area contributed by atoms with Crippen LogP contribution >= 0.6 is 0 Å². The Labute approximate surface area is 171 Å². The molecule has 0 saturated carbocycles. The summed E-state index contributed by atoms with van der Waals surface area (Å²) in [5.74, 6) is -2.73. The summed E-state index contributed by atoms with van der Waals surface area (Å²) in [4.78, 5) is 8.90. The van der Waals surface area contributed by atoms with Gasteiger partial charge in [0.25, 0.3) is 0 Å². The van der Waals surface area contributed by atoms with Crippen molar-refractivity contribution < 1.29 is 36.2 Å². The molecule has 12 heteroatoms. The van der Waals surface area contributed by atoms with Crippen LogP contribution in [-0.4, -0.2) is 60.0 Å². The highest BCUT2D eigenvalue weighted by Gasteiger charge is 2.38. The lowest BCUT2D eigenvalue weighted by atomic mass is 9.97. The van der Waals surface area contributed by atoms with Gasteiger partial charge in [0, 0.05) is 32.2 Å². The number of aryl methyl sites for hydroxylation is 1. The lowest BCUT2D eigenvalue weighted by Gasteiger charge is -2.32. The Morgan fingerprint density at radius 3 is 2.43 bits per heavy atom. The Morgan fingerprint density at radius 2 is 1.90 bits per heavy atom. The highest BCUT2D eigenvalue weighted by atomic mass is 32.2. The summed E-state index contributed by atoms with van der Waals surface area (Å²) in [5.41, 5.74) is 2.82. The van der Waals surface area contributed by atoms with Gasteiger partial charge in [-0.05, 0) is 5.56 Å². The number of hydrogen-bond donors (Lipinski definition) is 1. The number of alkyl halides is 3. The molecule has 0 aliphatic carbocycles. The van der Waals surface area contributed by atoms with E-state index in [0.717, 1.165) is 16.8 Å². The summed E-state index contributed by atoms with van der Waals surface area (Å²) in [6.07, 6.45) is -3.26. The molecule has 2 heterocycles. The van der Waals surface area contributed by atoms with E-state index in [2.05, 4.69) is 5.10 Å². The number of carboxylic acid groups (broad SMARTS) is 1. The number of aromatic nitrogens is 2. The number of fused-ring (bicyclic) bond motifs is 1. The number of ether oxygens (including phenoxy) is 1. The number of carboxylic acids is 1. The number of hydrogen-bond acceptors (Lipinski definition) is 5. The van der Waals surface area contributed by atoms with Gasteiger partial charge in [-0.25, -0.2) is 13.2 Å². The number of aliphatic carboxylic acids is 1. The van der Waals surface area contributed by atoms with Crippen LogP contribution < -0.4 is 0 Å². The Hall–Kier alpha value is -2.44. The van der Waals surface area contributed by atoms with E-state index in [1.165, 1.54) is 0 Å². The average molecular weight is 449 g/mol. The molecule has 1 aliphatic rings. The third-order valence-corrected chi connectivity index (χ3v) is 6.24. The molecule has 0 fully saturated rings. The quantitative estimate of drug-likeness (QED) is 0.751. The number of benzene rings is 1. The maximum atomic E-state index is 12.8. The van der Waals surface area contributed by atoms with Gasteiger partial charge in [0.15, 0.2) is 0 Å². The molecule has 8 nitrogen and oxygen atoms in total. The molecular weight excluding hydrogens is 427 g/mol. The Kier molecular flexibility index (Phi) is 7.61. The van der Waals surface area contributed by atoms with Crippen molar-refractivity contribution in [3.8, 4) is 0 Å². The van der Waals surface area contributed by atoms with Crippen LogP contribution in [0.5, 0.6) is 0 Å². The molecule has 0 saturated heterocycles. The van der Waals surface area contributed by atoms with E-state index in [1.54, 1.807) is 16.1 Å². The third-order valence-electron chi connectivity index (χ3n) is 4.48. The lowest BCUT2D eigenvalue weighted by Crippen LogP contribution is -2.40. The molecule has 3 rings (SSSR count). The van der Waals surface area contributed by atoms with Gasteiger partial charge >= 0.3 is 12.1 Å². The number of methoxy groups -OCH3 is 1. The monoisotopic (exact) mass is 449 g/mol. The second-order valence-corrected chi connectivity index (χ2v) is 8.63. The SMILES string of the molecule is COCC1CN(S(=O)(=O)Cc2ccccc2)Cc2c1cnn2C.O=C(O)C(F)(F)F. The zero-order valence-electron chi connectivity index (χ0n) is 16.3. The van der Waals surface area contributed by atoms with E-state index < -0.39 is 22.2 Å². The minimum absolute atomic E-state index is 0.0146. The second-order valence-electron chi connectivity index (χ2n) is 6.66. The van der Waals surface area contributed by atoms with Gasteiger partial charge in [0.2, 0.25) is 10.0 Å². The number of halogens is 3. The van der Waals surface area contributed by atoms with Crippen molar-refractivity contribution in [1.82, 2.24) is 14.1 Å². The van der Waals surface area contributed by atoms with Gasteiger partial charge in [-0.1, -0.05) is 30.3 Å². The topological polar surface area (TPSA) is 102 Å². The Balaban J connectivity index is 0.000000396. The van der Waals surface area contributed by atoms with Gasteiger partial charge < -0.3 is 9.84 Å². The minimum Gasteiger partial charge on any atom is -0.475 e. The van der Waals surface area contributed by atoms with Gasteiger partial charge in [-0.15, -0.1) is 0 Å². The van der Waals surface area contributed by atoms with Crippen molar-refractivity contribution in [2.75, 3.05) is 20.3 Å². The summed E-state index contributed by atoms with van der Waals surface area (Å²) in [6.45, 7) is 1.28. The van der Waals surface area contributed by atoms with E-state index in [-0.39, 0.29) is 11.7 Å². The van der Waals surface area contributed by atoms with Crippen LogP contribution in [0.4, 0.5) is 13.2 Å². The maximum Gasteiger partial charge on any atom is 0.490 e. The summed E-state index contributed by atoms with van der Waals surface area (Å²) in [5, 5.41) is 11.4. The fraction of sp³-hybridized carbons (Fsp3) is 0.444. The van der Waals surface area contributed by atoms with Crippen molar-refractivity contribution >= 4 is 16.0 Å². The van der Waals surface area contributed by atoms with E-state index in [4.69, 9.17) is 14.6 Å². The van der Waals surface area contributed by atoms with Crippen LogP contribution in [0, 0.1) is 0 Å². The Morgan fingerprint density at radius 1 is 1.30 bits per heavy atom. The van der Waals surface area contributed by atoms with Crippen LogP contribution in [0.25, 0.3) is 0 Å². The zero-order valence-corrected chi connectivity index (χ0v) is 17.2. The molecule has 1 aliphatic heterocycles. The predicted octanol–water partition coefficient (Wildman–Crippen LogP) is 2.13. The molecule has 1 unspecified atom stereocenters. The average Bonchev–Trinajstić information content (AvgIpc) is 3.03. The van der Waals surface area contributed by atoms with Crippen LogP contribution in [0.15, 0.2) is 36.5 Å². The summed E-state index contributed by atoms with van der Waals surface area (Å²) < 4.78 is 65.9. The van der Waals surface area contributed by atoms with Crippen LogP contribution in [0.1, 0.15) is 22.7 Å². The first-order chi connectivity index (χ1) is 14.0. The molecule has 1 N–H and O–H groups in total. The van der Waals surface area contributed by atoms with Crippen molar-refractivity contribution in [1.29, 1.82) is 0 Å². The largest absolute Gasteiger partial charge is 0.490 e. The predicted molar refractivity (Wildman–Crippen MR) is 101 cm³/mol. The summed E-state index contributed by atoms with van der Waals surface area (Å²) >= 11 is 0. The van der Waals surface area contributed by atoms with E-state index in [0.29, 0.717) is 19.7 Å². The first kappa shape index (κ1) is 23.8. The van der Waals surface area contributed by atoms with Gasteiger partial charge in [-0.2, -0.15) is 22.6 Å². The Bertz CT molecular complexity index is 961. The first-order valence-corrected chi connectivity index (χ1v) is 10.4. The highest BCUT2D eigenvalue weighted by Crippen LogP contribution is 2.30. The smallest absolute Gasteiger partial charge is 0.475 e. The molecule has 0 spiro atoms. The van der Waals surface area contributed by atoms with Gasteiger partial charge in [0.05, 0.1) is 30.8 Å². The van der Waals surface area contributed by atoms with E-state index in [9.17, 15) is 21.6 Å². The normalized spacial score (nSPS) is 17.0. The number of sulfonamides is 1. The standard InChI is InChI=1S/C16H21N3O3S.C2HF3O2/c1-18-16-10-19(9-14(11-22-2)15(16)8-17-18)23(20,21)12-13-6-4-3-5-7-13;3-2(4,5)1(6)7/h3-8,14H,9-12H2,1-2H3;(H,6,7). The van der Waals surface area contributed by atoms with Crippen LogP contribution in [-0.2, 0) is 38.9 Å². The summed E-state index contributed by atoms with van der Waals surface area (Å²) in [6, 6.07) is 9.27. The lowest BCUT2D eigenvalue weighted by molar-refractivity contribution is -0.192. The van der Waals surface area contributed by atoms with Gasteiger partial charge in [-0.3, -0.25) is 4.68 Å². The van der Waals surface area contributed by atoms with Gasteiger partial charge in [0.1, 0.15) is 0 Å². The minimum atomic E-state index is -5.08. The highest BCUT2D eigenvalue weighted by molar-refractivity contribution is 7.88. The third kappa shape index (κ3) is 6.03. The summed E-state index contributed by atoms with van der Waals surface area (Å²) in [7, 11) is 0.0873. The van der Waals surface area contributed by atoms with Crippen LogP contribution in [0.3, 0.4) is 0 Å². The fourth-order valence-electron chi connectivity index (χ4n) is 3.02. The molecule has 2 aromatic rings. The zero-order chi connectivity index (χ0) is 22.5. The van der Waals surface area contributed by atoms with Crippen molar-refractivity contribution in [2.24, 2.45) is 7.05 Å². The first-order valence-electron chi connectivity index (χ1n) is 8.77. The maximum absolute atomic E-state index is 12.8. The number of nitrogens with zero attached hydrogens (tertiary/aromatic N) is 3.